The normalized spacial score (nSPS) is 26.9. The van der Waals surface area contributed by atoms with E-state index < -0.39 is 48.0 Å². The maximum absolute atomic E-state index is 12.6. The summed E-state index contributed by atoms with van der Waals surface area (Å²) in [5.74, 6) is 0. The number of alkyl halides is 3. The Balaban J connectivity index is 2.43. The van der Waals surface area contributed by atoms with Crippen molar-refractivity contribution in [1.29, 1.82) is 0 Å². The molecule has 0 saturated carbocycles. The van der Waals surface area contributed by atoms with Crippen LogP contribution in [0.2, 0.25) is 0 Å². The molecule has 0 amide bonds. The Morgan fingerprint density at radius 1 is 1.45 bits per heavy atom. The van der Waals surface area contributed by atoms with Crippen LogP contribution in [0.25, 0.3) is 0 Å². The van der Waals surface area contributed by atoms with Gasteiger partial charge in [-0.15, -0.1) is 0 Å². The van der Waals surface area contributed by atoms with Crippen molar-refractivity contribution in [3.05, 3.63) is 32.6 Å². The topological polar surface area (TPSA) is 105 Å². The monoisotopic (exact) mass is 296 g/mol. The first-order valence-electron chi connectivity index (χ1n) is 5.61. The van der Waals surface area contributed by atoms with E-state index in [2.05, 4.69) is 0 Å². The third-order valence-electron chi connectivity index (χ3n) is 2.97. The number of aliphatic hydroxyl groups excluding tert-OH is 2. The van der Waals surface area contributed by atoms with Gasteiger partial charge in [0.25, 0.3) is 5.56 Å². The van der Waals surface area contributed by atoms with Gasteiger partial charge >= 0.3 is 11.9 Å². The maximum atomic E-state index is 12.6. The molecule has 1 aliphatic rings. The van der Waals surface area contributed by atoms with Crippen LogP contribution >= 0.6 is 0 Å². The van der Waals surface area contributed by atoms with E-state index in [4.69, 9.17) is 9.84 Å². The Labute approximate surface area is 109 Å². The van der Waals surface area contributed by atoms with Crippen molar-refractivity contribution in [1.82, 2.24) is 9.55 Å². The van der Waals surface area contributed by atoms with Crippen LogP contribution < -0.4 is 11.2 Å². The standard InChI is InChI=1S/C10H11F3N2O5/c11-10(12,13)4-2-15(9(19)14-8(4)18)7-1-5(17)6(3-16)20-7/h2,5-7,16-17H,1,3H2,(H,14,18,19)/t5-,6?,7?/m1/s1. The molecule has 0 aromatic carbocycles. The third-order valence-corrected chi connectivity index (χ3v) is 2.97. The van der Waals surface area contributed by atoms with Crippen LogP contribution in [0.3, 0.4) is 0 Å². The second-order valence-electron chi connectivity index (χ2n) is 4.32. The number of nitrogens with one attached hydrogen (secondary N) is 1. The van der Waals surface area contributed by atoms with E-state index in [1.165, 1.54) is 0 Å². The summed E-state index contributed by atoms with van der Waals surface area (Å²) in [4.78, 5) is 24.2. The number of aromatic nitrogens is 2. The molecule has 1 aromatic heterocycles. The summed E-state index contributed by atoms with van der Waals surface area (Å²) in [6.07, 6.45) is -8.04. The zero-order chi connectivity index (χ0) is 15.1. The van der Waals surface area contributed by atoms with Gasteiger partial charge in [0.05, 0.1) is 12.7 Å². The zero-order valence-corrected chi connectivity index (χ0v) is 9.92. The van der Waals surface area contributed by atoms with E-state index in [-0.39, 0.29) is 6.42 Å². The molecule has 10 heteroatoms. The van der Waals surface area contributed by atoms with Crippen molar-refractivity contribution >= 4 is 0 Å². The molecular formula is C10H11F3N2O5. The third kappa shape index (κ3) is 2.62. The van der Waals surface area contributed by atoms with Crippen LogP contribution in [0.1, 0.15) is 18.2 Å². The second-order valence-corrected chi connectivity index (χ2v) is 4.32. The lowest BCUT2D eigenvalue weighted by Gasteiger charge is -2.16. The first-order chi connectivity index (χ1) is 9.24. The first-order valence-corrected chi connectivity index (χ1v) is 5.61. The largest absolute Gasteiger partial charge is 0.423 e. The Hall–Kier alpha value is -1.65. The highest BCUT2D eigenvalue weighted by Gasteiger charge is 2.38. The molecule has 2 heterocycles. The summed E-state index contributed by atoms with van der Waals surface area (Å²) in [5.41, 5.74) is -4.17. The van der Waals surface area contributed by atoms with Gasteiger partial charge in [-0.05, 0) is 0 Å². The fourth-order valence-electron chi connectivity index (χ4n) is 1.95. The summed E-state index contributed by atoms with van der Waals surface area (Å²) in [6.45, 7) is -0.540. The van der Waals surface area contributed by atoms with Crippen molar-refractivity contribution < 1.29 is 28.1 Å². The van der Waals surface area contributed by atoms with Crippen LogP contribution in [0.5, 0.6) is 0 Å². The summed E-state index contributed by atoms with van der Waals surface area (Å²) in [5, 5.41) is 18.4. The van der Waals surface area contributed by atoms with Crippen LogP contribution in [0, 0.1) is 0 Å². The molecule has 0 aliphatic carbocycles. The van der Waals surface area contributed by atoms with Gasteiger partial charge < -0.3 is 14.9 Å². The highest BCUT2D eigenvalue weighted by Crippen LogP contribution is 2.30. The Morgan fingerprint density at radius 2 is 2.10 bits per heavy atom. The number of ether oxygens (including phenoxy) is 1. The average molecular weight is 296 g/mol. The van der Waals surface area contributed by atoms with E-state index >= 15 is 0 Å². The number of aromatic amines is 1. The van der Waals surface area contributed by atoms with Gasteiger partial charge in [0.15, 0.2) is 0 Å². The number of H-pyrrole nitrogens is 1. The molecule has 3 N–H and O–H groups in total. The molecular weight excluding hydrogens is 285 g/mol. The predicted octanol–water partition coefficient (Wildman–Crippen LogP) is -0.804. The zero-order valence-electron chi connectivity index (χ0n) is 9.92. The van der Waals surface area contributed by atoms with Gasteiger partial charge in [0.1, 0.15) is 17.9 Å². The summed E-state index contributed by atoms with van der Waals surface area (Å²) in [6, 6.07) is 0. The minimum absolute atomic E-state index is 0.172. The molecule has 2 rings (SSSR count). The lowest BCUT2D eigenvalue weighted by Crippen LogP contribution is -2.36. The Morgan fingerprint density at radius 3 is 2.60 bits per heavy atom. The lowest BCUT2D eigenvalue weighted by atomic mass is 10.2. The molecule has 1 fully saturated rings. The van der Waals surface area contributed by atoms with Crippen molar-refractivity contribution in [3.8, 4) is 0 Å². The predicted molar refractivity (Wildman–Crippen MR) is 57.9 cm³/mol. The smallest absolute Gasteiger partial charge is 0.394 e. The quantitative estimate of drug-likeness (QED) is 0.662. The van der Waals surface area contributed by atoms with Crippen molar-refractivity contribution in [3.63, 3.8) is 0 Å². The molecule has 3 atom stereocenters. The molecule has 0 bridgehead atoms. The SMILES string of the molecule is O=c1[nH]c(=O)n(C2C[C@@H](O)C(CO)O2)cc1C(F)(F)F. The van der Waals surface area contributed by atoms with Gasteiger partial charge in [-0.2, -0.15) is 13.2 Å². The van der Waals surface area contributed by atoms with Gasteiger partial charge in [0.2, 0.25) is 0 Å². The molecule has 20 heavy (non-hydrogen) atoms. The number of rotatable bonds is 2. The Bertz CT molecular complexity index is 608. The van der Waals surface area contributed by atoms with Gasteiger partial charge in [-0.1, -0.05) is 0 Å². The van der Waals surface area contributed by atoms with Crippen molar-refractivity contribution in [2.75, 3.05) is 6.61 Å². The second kappa shape index (κ2) is 5.04. The van der Waals surface area contributed by atoms with Crippen LogP contribution in [0.15, 0.2) is 15.8 Å². The molecule has 0 radical (unpaired) electrons. The first kappa shape index (κ1) is 14.8. The van der Waals surface area contributed by atoms with Crippen LogP contribution in [0.4, 0.5) is 13.2 Å². The van der Waals surface area contributed by atoms with E-state index in [1.54, 1.807) is 4.98 Å². The van der Waals surface area contributed by atoms with Gasteiger partial charge in [-0.3, -0.25) is 14.3 Å². The number of nitrogens with zero attached hydrogens (tertiary/aromatic N) is 1. The van der Waals surface area contributed by atoms with E-state index in [0.29, 0.717) is 10.8 Å². The van der Waals surface area contributed by atoms with E-state index in [1.807, 2.05) is 0 Å². The average Bonchev–Trinajstić information content (AvgIpc) is 2.68. The fourth-order valence-corrected chi connectivity index (χ4v) is 1.95. The summed E-state index contributed by atoms with van der Waals surface area (Å²) >= 11 is 0. The van der Waals surface area contributed by atoms with Crippen LogP contribution in [-0.4, -0.2) is 38.6 Å². The number of aliphatic hydroxyl groups is 2. The van der Waals surface area contributed by atoms with Crippen LogP contribution in [-0.2, 0) is 10.9 Å². The van der Waals surface area contributed by atoms with Crippen molar-refractivity contribution in [2.45, 2.75) is 31.0 Å². The molecule has 1 aromatic rings. The lowest BCUT2D eigenvalue weighted by molar-refractivity contribution is -0.139. The molecule has 112 valence electrons. The highest BCUT2D eigenvalue weighted by molar-refractivity contribution is 5.09. The highest BCUT2D eigenvalue weighted by atomic mass is 19.4. The Kier molecular flexibility index (Phi) is 3.71. The fraction of sp³-hybridized carbons (Fsp3) is 0.600. The minimum Gasteiger partial charge on any atom is -0.394 e. The number of halogens is 3. The molecule has 7 nitrogen and oxygen atoms in total. The van der Waals surface area contributed by atoms with Gasteiger partial charge in [0, 0.05) is 12.6 Å². The molecule has 1 aliphatic heterocycles. The molecule has 2 unspecified atom stereocenters. The number of hydrogen-bond acceptors (Lipinski definition) is 5. The van der Waals surface area contributed by atoms with E-state index in [9.17, 15) is 27.9 Å². The summed E-state index contributed by atoms with van der Waals surface area (Å²) in [7, 11) is 0. The van der Waals surface area contributed by atoms with E-state index in [0.717, 1.165) is 0 Å². The van der Waals surface area contributed by atoms with Gasteiger partial charge in [-0.25, -0.2) is 4.79 Å². The number of hydrogen-bond donors (Lipinski definition) is 3. The maximum Gasteiger partial charge on any atom is 0.423 e. The van der Waals surface area contributed by atoms with Crippen molar-refractivity contribution in [2.24, 2.45) is 0 Å². The molecule has 1 saturated heterocycles. The minimum atomic E-state index is -4.92. The summed E-state index contributed by atoms with van der Waals surface area (Å²) < 4.78 is 43.4. The molecule has 0 spiro atoms.